The van der Waals surface area contributed by atoms with E-state index in [2.05, 4.69) is 10.3 Å². The first-order valence-electron chi connectivity index (χ1n) is 11.3. The van der Waals surface area contributed by atoms with E-state index >= 15 is 0 Å². The summed E-state index contributed by atoms with van der Waals surface area (Å²) in [6, 6.07) is 11.4. The van der Waals surface area contributed by atoms with Crippen molar-refractivity contribution in [3.8, 4) is 0 Å². The molecular formula is C24H28N4O3S. The molecule has 2 aromatic heterocycles. The maximum absolute atomic E-state index is 13.2. The summed E-state index contributed by atoms with van der Waals surface area (Å²) in [5.41, 5.74) is 4.09. The number of nitrogens with zero attached hydrogens (tertiary/aromatic N) is 3. The molecule has 0 spiro atoms. The first kappa shape index (κ1) is 21.2. The monoisotopic (exact) mass is 452 g/mol. The van der Waals surface area contributed by atoms with Crippen LogP contribution in [0.15, 0.2) is 53.7 Å². The summed E-state index contributed by atoms with van der Waals surface area (Å²) < 4.78 is 29.8. The molecule has 5 rings (SSSR count). The summed E-state index contributed by atoms with van der Waals surface area (Å²) >= 11 is 0. The van der Waals surface area contributed by atoms with E-state index in [0.29, 0.717) is 37.4 Å². The minimum atomic E-state index is -3.53. The first-order valence-corrected chi connectivity index (χ1v) is 12.8. The Kier molecular flexibility index (Phi) is 5.73. The van der Waals surface area contributed by atoms with Crippen LogP contribution in [0.4, 0.5) is 0 Å². The van der Waals surface area contributed by atoms with Crippen LogP contribution in [0.5, 0.6) is 0 Å². The predicted molar refractivity (Wildman–Crippen MR) is 122 cm³/mol. The van der Waals surface area contributed by atoms with E-state index in [-0.39, 0.29) is 11.8 Å². The smallest absolute Gasteiger partial charge is 0.243 e. The van der Waals surface area contributed by atoms with Gasteiger partial charge < -0.3 is 9.72 Å². The van der Waals surface area contributed by atoms with Crippen LogP contribution in [-0.2, 0) is 34.2 Å². The molecule has 3 aromatic rings. The van der Waals surface area contributed by atoms with Crippen LogP contribution in [0.3, 0.4) is 0 Å². The summed E-state index contributed by atoms with van der Waals surface area (Å²) in [5, 5.41) is 2.97. The van der Waals surface area contributed by atoms with E-state index in [1.54, 1.807) is 6.07 Å². The Bertz CT molecular complexity index is 1210. The van der Waals surface area contributed by atoms with Crippen molar-refractivity contribution < 1.29 is 13.2 Å². The van der Waals surface area contributed by atoms with Crippen LogP contribution in [0.1, 0.15) is 42.5 Å². The van der Waals surface area contributed by atoms with Crippen molar-refractivity contribution in [3.05, 3.63) is 65.6 Å². The number of benzene rings is 1. The molecule has 1 aliphatic carbocycles. The maximum atomic E-state index is 13.2. The SMILES string of the molecule is O=C(NCc1cn2ccccc2n1)C1CCN(S(=O)(=O)c2ccc3c(c2)CCCC3)CC1. The zero-order chi connectivity index (χ0) is 22.1. The van der Waals surface area contributed by atoms with Crippen molar-refractivity contribution in [2.45, 2.75) is 50.0 Å². The van der Waals surface area contributed by atoms with E-state index in [0.717, 1.165) is 30.6 Å². The number of aryl methyl sites for hydroxylation is 2. The van der Waals surface area contributed by atoms with Crippen LogP contribution >= 0.6 is 0 Å². The second kappa shape index (κ2) is 8.67. The second-order valence-corrected chi connectivity index (χ2v) is 10.7. The van der Waals surface area contributed by atoms with Crippen LogP contribution in [-0.4, -0.2) is 41.1 Å². The number of aromatic nitrogens is 2. The number of carbonyl (C=O) groups is 1. The topological polar surface area (TPSA) is 83.8 Å². The van der Waals surface area contributed by atoms with Gasteiger partial charge in [-0.25, -0.2) is 13.4 Å². The lowest BCUT2D eigenvalue weighted by Gasteiger charge is -2.30. The highest BCUT2D eigenvalue weighted by Crippen LogP contribution is 2.28. The van der Waals surface area contributed by atoms with Gasteiger partial charge in [-0.05, 0) is 73.9 Å². The van der Waals surface area contributed by atoms with E-state index in [1.165, 1.54) is 21.9 Å². The third-order valence-corrected chi connectivity index (χ3v) is 8.53. The number of hydrogen-bond donors (Lipinski definition) is 1. The van der Waals surface area contributed by atoms with Gasteiger partial charge in [0, 0.05) is 31.4 Å². The summed E-state index contributed by atoms with van der Waals surface area (Å²) in [7, 11) is -3.53. The van der Waals surface area contributed by atoms with Gasteiger partial charge in [-0.2, -0.15) is 4.31 Å². The van der Waals surface area contributed by atoms with Crippen molar-refractivity contribution in [1.82, 2.24) is 19.0 Å². The van der Waals surface area contributed by atoms with Gasteiger partial charge in [-0.1, -0.05) is 12.1 Å². The van der Waals surface area contributed by atoms with Crippen molar-refractivity contribution >= 4 is 21.6 Å². The highest BCUT2D eigenvalue weighted by atomic mass is 32.2. The van der Waals surface area contributed by atoms with Gasteiger partial charge in [0.05, 0.1) is 17.1 Å². The molecule has 7 nitrogen and oxygen atoms in total. The Morgan fingerprint density at radius 2 is 1.84 bits per heavy atom. The Hall–Kier alpha value is -2.71. The second-order valence-electron chi connectivity index (χ2n) is 8.73. The molecule has 1 aliphatic heterocycles. The number of amides is 1. The Labute approximate surface area is 188 Å². The highest BCUT2D eigenvalue weighted by molar-refractivity contribution is 7.89. The molecule has 32 heavy (non-hydrogen) atoms. The molecule has 1 amide bonds. The van der Waals surface area contributed by atoms with E-state index in [4.69, 9.17) is 0 Å². The van der Waals surface area contributed by atoms with Gasteiger partial charge >= 0.3 is 0 Å². The zero-order valence-corrected chi connectivity index (χ0v) is 18.9. The standard InChI is InChI=1S/C24H28N4O3S/c29-24(25-16-21-17-27-12-4-3-7-23(27)26-21)19-10-13-28(14-11-19)32(30,31)22-9-8-18-5-1-2-6-20(18)15-22/h3-4,7-9,12,15,17,19H,1-2,5-6,10-11,13-14,16H2,(H,25,29). The highest BCUT2D eigenvalue weighted by Gasteiger charge is 2.32. The molecule has 0 radical (unpaired) electrons. The van der Waals surface area contributed by atoms with Gasteiger partial charge in [0.25, 0.3) is 0 Å². The normalized spacial score (nSPS) is 17.9. The molecule has 168 valence electrons. The van der Waals surface area contributed by atoms with Gasteiger partial charge in [-0.15, -0.1) is 0 Å². The molecule has 0 saturated carbocycles. The van der Waals surface area contributed by atoms with Gasteiger partial charge in [0.15, 0.2) is 0 Å². The molecule has 1 aromatic carbocycles. The molecule has 1 fully saturated rings. The molecule has 1 N–H and O–H groups in total. The number of carbonyl (C=O) groups excluding carboxylic acids is 1. The molecule has 8 heteroatoms. The Balaban J connectivity index is 1.18. The lowest BCUT2D eigenvalue weighted by molar-refractivity contribution is -0.126. The zero-order valence-electron chi connectivity index (χ0n) is 18.0. The van der Waals surface area contributed by atoms with Crippen molar-refractivity contribution in [1.29, 1.82) is 0 Å². The van der Waals surface area contributed by atoms with Crippen LogP contribution in [0, 0.1) is 5.92 Å². The number of fused-ring (bicyclic) bond motifs is 2. The lowest BCUT2D eigenvalue weighted by atomic mass is 9.92. The molecule has 1 saturated heterocycles. The Morgan fingerprint density at radius 1 is 1.06 bits per heavy atom. The largest absolute Gasteiger partial charge is 0.350 e. The summed E-state index contributed by atoms with van der Waals surface area (Å²) in [6.45, 7) is 1.10. The van der Waals surface area contributed by atoms with E-state index in [1.807, 2.05) is 47.1 Å². The van der Waals surface area contributed by atoms with Crippen LogP contribution < -0.4 is 5.32 Å². The number of sulfonamides is 1. The van der Waals surface area contributed by atoms with E-state index < -0.39 is 10.0 Å². The summed E-state index contributed by atoms with van der Waals surface area (Å²) in [6.07, 6.45) is 9.16. The van der Waals surface area contributed by atoms with Crippen LogP contribution in [0.2, 0.25) is 0 Å². The number of rotatable bonds is 5. The molecular weight excluding hydrogens is 424 g/mol. The first-order chi connectivity index (χ1) is 15.5. The predicted octanol–water partition coefficient (Wildman–Crippen LogP) is 2.93. The van der Waals surface area contributed by atoms with Crippen molar-refractivity contribution in [2.75, 3.05) is 13.1 Å². The molecule has 2 aliphatic rings. The number of hydrogen-bond acceptors (Lipinski definition) is 4. The van der Waals surface area contributed by atoms with Gasteiger partial charge in [-0.3, -0.25) is 4.79 Å². The average molecular weight is 453 g/mol. The lowest BCUT2D eigenvalue weighted by Crippen LogP contribution is -2.42. The third-order valence-electron chi connectivity index (χ3n) is 6.64. The number of nitrogens with one attached hydrogen (secondary N) is 1. The summed E-state index contributed by atoms with van der Waals surface area (Å²) in [5.74, 6) is -0.213. The molecule has 0 bridgehead atoms. The fourth-order valence-corrected chi connectivity index (χ4v) is 6.29. The fourth-order valence-electron chi connectivity index (χ4n) is 4.77. The Morgan fingerprint density at radius 3 is 2.62 bits per heavy atom. The molecule has 0 unspecified atom stereocenters. The van der Waals surface area contributed by atoms with E-state index in [9.17, 15) is 13.2 Å². The van der Waals surface area contributed by atoms with Gasteiger partial charge in [0.2, 0.25) is 15.9 Å². The number of piperidine rings is 1. The van der Waals surface area contributed by atoms with Crippen molar-refractivity contribution in [3.63, 3.8) is 0 Å². The molecule has 0 atom stereocenters. The average Bonchev–Trinajstić information content (AvgIpc) is 3.25. The van der Waals surface area contributed by atoms with Gasteiger partial charge in [0.1, 0.15) is 5.65 Å². The quantitative estimate of drug-likeness (QED) is 0.645. The number of imidazole rings is 1. The minimum Gasteiger partial charge on any atom is -0.350 e. The fraction of sp³-hybridized carbons (Fsp3) is 0.417. The maximum Gasteiger partial charge on any atom is 0.243 e. The number of pyridine rings is 1. The minimum absolute atomic E-state index is 0.0344. The third kappa shape index (κ3) is 4.17. The molecule has 3 heterocycles. The summed E-state index contributed by atoms with van der Waals surface area (Å²) in [4.78, 5) is 17.5. The van der Waals surface area contributed by atoms with Crippen LogP contribution in [0.25, 0.3) is 5.65 Å². The van der Waals surface area contributed by atoms with Crippen molar-refractivity contribution in [2.24, 2.45) is 5.92 Å².